The van der Waals surface area contributed by atoms with E-state index in [1.807, 2.05) is 26.8 Å². The average molecular weight is 381 g/mol. The van der Waals surface area contributed by atoms with E-state index in [0.29, 0.717) is 23.6 Å². The summed E-state index contributed by atoms with van der Waals surface area (Å²) >= 11 is 0. The lowest BCUT2D eigenvalue weighted by Crippen LogP contribution is -2.52. The van der Waals surface area contributed by atoms with E-state index in [4.69, 9.17) is 4.74 Å². The summed E-state index contributed by atoms with van der Waals surface area (Å²) in [6, 6.07) is 9.29. The first kappa shape index (κ1) is 19.5. The van der Waals surface area contributed by atoms with E-state index in [1.165, 1.54) is 0 Å². The number of ether oxygens (including phenoxy) is 1. The van der Waals surface area contributed by atoms with Gasteiger partial charge in [0, 0.05) is 18.3 Å². The molecule has 1 aliphatic heterocycles. The molecule has 146 valence electrons. The molecule has 7 heteroatoms. The molecule has 1 atom stereocenters. The maximum absolute atomic E-state index is 12.9. The van der Waals surface area contributed by atoms with Crippen LogP contribution >= 0.6 is 0 Å². The summed E-state index contributed by atoms with van der Waals surface area (Å²) < 4.78 is 5.47. The highest BCUT2D eigenvalue weighted by Gasteiger charge is 2.43. The summed E-state index contributed by atoms with van der Waals surface area (Å²) in [4.78, 5) is 43.7. The van der Waals surface area contributed by atoms with Crippen LogP contribution in [0.4, 0.5) is 0 Å². The third-order valence-electron chi connectivity index (χ3n) is 4.59. The number of aromatic nitrogens is 1. The standard InChI is InChI=1S/C21H23N3O4/c1-4-28-19-14(8-7-11-22-19)12-23-18(25)17(13(2)3)24-20(26)15-9-5-6-10-16(15)21(24)27/h5-11,13,17H,4,12H2,1-3H3,(H,23,25). The molecule has 3 rings (SSSR count). The number of nitrogens with one attached hydrogen (secondary N) is 1. The largest absolute Gasteiger partial charge is 0.478 e. The maximum atomic E-state index is 12.9. The van der Waals surface area contributed by atoms with Crippen LogP contribution in [-0.2, 0) is 11.3 Å². The molecule has 0 radical (unpaired) electrons. The Kier molecular flexibility index (Phi) is 5.73. The van der Waals surface area contributed by atoms with Gasteiger partial charge in [0.05, 0.1) is 17.7 Å². The number of nitrogens with zero attached hydrogens (tertiary/aromatic N) is 2. The molecule has 1 N–H and O–H groups in total. The smallest absolute Gasteiger partial charge is 0.262 e. The lowest BCUT2D eigenvalue weighted by atomic mass is 10.0. The van der Waals surface area contributed by atoms with E-state index in [2.05, 4.69) is 10.3 Å². The van der Waals surface area contributed by atoms with Crippen LogP contribution in [0.2, 0.25) is 0 Å². The molecule has 0 aliphatic carbocycles. The van der Waals surface area contributed by atoms with Crippen molar-refractivity contribution in [3.8, 4) is 5.88 Å². The summed E-state index contributed by atoms with van der Waals surface area (Å²) in [5.74, 6) is -1.07. The minimum absolute atomic E-state index is 0.189. The lowest BCUT2D eigenvalue weighted by molar-refractivity contribution is -0.126. The minimum Gasteiger partial charge on any atom is -0.478 e. The molecule has 0 bridgehead atoms. The van der Waals surface area contributed by atoms with Crippen molar-refractivity contribution in [3.63, 3.8) is 0 Å². The molecule has 1 aromatic heterocycles. The fraction of sp³-hybridized carbons (Fsp3) is 0.333. The predicted molar refractivity (Wildman–Crippen MR) is 103 cm³/mol. The number of amides is 3. The normalized spacial score (nSPS) is 14.2. The molecule has 1 unspecified atom stereocenters. The molecule has 0 saturated heterocycles. The summed E-state index contributed by atoms with van der Waals surface area (Å²) in [6.07, 6.45) is 1.62. The van der Waals surface area contributed by atoms with Crippen molar-refractivity contribution in [2.24, 2.45) is 5.92 Å². The van der Waals surface area contributed by atoms with Gasteiger partial charge in [-0.05, 0) is 31.0 Å². The number of benzene rings is 1. The Morgan fingerprint density at radius 3 is 2.32 bits per heavy atom. The molecular formula is C21H23N3O4. The molecule has 0 fully saturated rings. The van der Waals surface area contributed by atoms with Crippen LogP contribution in [-0.4, -0.2) is 40.3 Å². The highest BCUT2D eigenvalue weighted by molar-refractivity contribution is 6.22. The first-order valence-electron chi connectivity index (χ1n) is 9.27. The Morgan fingerprint density at radius 2 is 1.75 bits per heavy atom. The second-order valence-corrected chi connectivity index (χ2v) is 6.83. The van der Waals surface area contributed by atoms with Gasteiger partial charge in [-0.15, -0.1) is 0 Å². The molecule has 0 spiro atoms. The molecule has 3 amide bonds. The SMILES string of the molecule is CCOc1ncccc1CNC(=O)C(C(C)C)N1C(=O)c2ccccc2C1=O. The fourth-order valence-electron chi connectivity index (χ4n) is 3.29. The van der Waals surface area contributed by atoms with Crippen LogP contribution in [0.15, 0.2) is 42.6 Å². The number of hydrogen-bond donors (Lipinski definition) is 1. The lowest BCUT2D eigenvalue weighted by Gasteiger charge is -2.28. The first-order chi connectivity index (χ1) is 13.5. The zero-order chi connectivity index (χ0) is 20.3. The molecule has 2 aromatic rings. The number of hydrogen-bond acceptors (Lipinski definition) is 5. The summed E-state index contributed by atoms with van der Waals surface area (Å²) in [7, 11) is 0. The van der Waals surface area contributed by atoms with Gasteiger partial charge in [-0.2, -0.15) is 0 Å². The van der Waals surface area contributed by atoms with Gasteiger partial charge < -0.3 is 10.1 Å². The Labute approximate surface area is 163 Å². The van der Waals surface area contributed by atoms with Crippen LogP contribution in [0.25, 0.3) is 0 Å². The molecular weight excluding hydrogens is 358 g/mol. The van der Waals surface area contributed by atoms with Crippen molar-refractivity contribution < 1.29 is 19.1 Å². The van der Waals surface area contributed by atoms with Gasteiger partial charge in [-0.25, -0.2) is 4.98 Å². The van der Waals surface area contributed by atoms with Crippen LogP contribution < -0.4 is 10.1 Å². The summed E-state index contributed by atoms with van der Waals surface area (Å²) in [5.41, 5.74) is 1.39. The van der Waals surface area contributed by atoms with Crippen LogP contribution in [0, 0.1) is 5.92 Å². The summed E-state index contributed by atoms with van der Waals surface area (Å²) in [6.45, 7) is 6.12. The van der Waals surface area contributed by atoms with E-state index in [9.17, 15) is 14.4 Å². The first-order valence-corrected chi connectivity index (χ1v) is 9.27. The van der Waals surface area contributed by atoms with Gasteiger partial charge in [0.1, 0.15) is 6.04 Å². The number of carbonyl (C=O) groups excluding carboxylic acids is 3. The second-order valence-electron chi connectivity index (χ2n) is 6.83. The molecule has 7 nitrogen and oxygen atoms in total. The van der Waals surface area contributed by atoms with Gasteiger partial charge in [0.15, 0.2) is 0 Å². The van der Waals surface area contributed by atoms with Crippen molar-refractivity contribution in [1.82, 2.24) is 15.2 Å². The van der Waals surface area contributed by atoms with E-state index >= 15 is 0 Å². The van der Waals surface area contributed by atoms with Crippen molar-refractivity contribution in [1.29, 1.82) is 0 Å². The van der Waals surface area contributed by atoms with E-state index < -0.39 is 23.8 Å². The third kappa shape index (κ3) is 3.60. The molecule has 1 aliphatic rings. The second kappa shape index (κ2) is 8.21. The van der Waals surface area contributed by atoms with E-state index in [-0.39, 0.29) is 12.5 Å². The van der Waals surface area contributed by atoms with E-state index in [1.54, 1.807) is 36.5 Å². The van der Waals surface area contributed by atoms with Crippen molar-refractivity contribution in [3.05, 3.63) is 59.3 Å². The van der Waals surface area contributed by atoms with Crippen LogP contribution in [0.1, 0.15) is 47.1 Å². The van der Waals surface area contributed by atoms with Gasteiger partial charge >= 0.3 is 0 Å². The van der Waals surface area contributed by atoms with Gasteiger partial charge in [0.25, 0.3) is 11.8 Å². The summed E-state index contributed by atoms with van der Waals surface area (Å²) in [5, 5.41) is 2.82. The number of carbonyl (C=O) groups is 3. The monoisotopic (exact) mass is 381 g/mol. The topological polar surface area (TPSA) is 88.6 Å². The Hall–Kier alpha value is -3.22. The van der Waals surface area contributed by atoms with Crippen molar-refractivity contribution in [2.45, 2.75) is 33.4 Å². The van der Waals surface area contributed by atoms with Crippen molar-refractivity contribution >= 4 is 17.7 Å². The number of rotatable bonds is 7. The van der Waals surface area contributed by atoms with Crippen LogP contribution in [0.5, 0.6) is 5.88 Å². The molecule has 2 heterocycles. The Morgan fingerprint density at radius 1 is 1.11 bits per heavy atom. The number of pyridine rings is 1. The quantitative estimate of drug-likeness (QED) is 0.744. The highest BCUT2D eigenvalue weighted by Crippen LogP contribution is 2.27. The minimum atomic E-state index is -0.903. The average Bonchev–Trinajstić information content (AvgIpc) is 2.93. The Balaban J connectivity index is 1.79. The highest BCUT2D eigenvalue weighted by atomic mass is 16.5. The van der Waals surface area contributed by atoms with E-state index in [0.717, 1.165) is 10.5 Å². The number of fused-ring (bicyclic) bond motifs is 1. The fourth-order valence-corrected chi connectivity index (χ4v) is 3.29. The van der Waals surface area contributed by atoms with Gasteiger partial charge in [-0.1, -0.05) is 32.0 Å². The predicted octanol–water partition coefficient (Wildman–Crippen LogP) is 2.42. The Bertz CT molecular complexity index is 875. The zero-order valence-corrected chi connectivity index (χ0v) is 16.1. The van der Waals surface area contributed by atoms with Crippen molar-refractivity contribution in [2.75, 3.05) is 6.61 Å². The zero-order valence-electron chi connectivity index (χ0n) is 16.1. The molecule has 28 heavy (non-hydrogen) atoms. The third-order valence-corrected chi connectivity index (χ3v) is 4.59. The van der Waals surface area contributed by atoms with Gasteiger partial charge in [-0.3, -0.25) is 19.3 Å². The van der Waals surface area contributed by atoms with Crippen LogP contribution in [0.3, 0.4) is 0 Å². The molecule has 1 aromatic carbocycles. The maximum Gasteiger partial charge on any atom is 0.262 e. The van der Waals surface area contributed by atoms with Gasteiger partial charge in [0.2, 0.25) is 11.8 Å². The number of imide groups is 1. The molecule has 0 saturated carbocycles.